The molecule has 0 aliphatic heterocycles. The molecule has 1 heterocycles. The summed E-state index contributed by atoms with van der Waals surface area (Å²) in [4.78, 5) is 10.8. The number of aromatic carboxylic acids is 1. The zero-order valence-corrected chi connectivity index (χ0v) is 10.8. The molecule has 5 heteroatoms. The number of H-pyrrole nitrogens is 1. The highest BCUT2D eigenvalue weighted by Gasteiger charge is 2.11. The Morgan fingerprint density at radius 3 is 2.82 bits per heavy atom. The molecule has 0 bridgehead atoms. The zero-order valence-electron chi connectivity index (χ0n) is 9.20. The summed E-state index contributed by atoms with van der Waals surface area (Å²) >= 11 is 3.42. The maximum atomic E-state index is 10.8. The SMILES string of the molecule is CCc1cc(Br)ccc1-c1cc(C(=O)O)[nH]n1. The van der Waals surface area contributed by atoms with Crippen LogP contribution in [0.3, 0.4) is 0 Å². The van der Waals surface area contributed by atoms with Gasteiger partial charge in [0.15, 0.2) is 0 Å². The van der Waals surface area contributed by atoms with Crippen molar-refractivity contribution in [2.45, 2.75) is 13.3 Å². The smallest absolute Gasteiger partial charge is 0.353 e. The topological polar surface area (TPSA) is 66.0 Å². The summed E-state index contributed by atoms with van der Waals surface area (Å²) in [7, 11) is 0. The first-order valence-corrected chi connectivity index (χ1v) is 5.98. The second-order valence-electron chi connectivity index (χ2n) is 3.63. The van der Waals surface area contributed by atoms with E-state index in [1.807, 2.05) is 18.2 Å². The first-order chi connectivity index (χ1) is 8.11. The van der Waals surface area contributed by atoms with Gasteiger partial charge in [-0.25, -0.2) is 4.79 Å². The first-order valence-electron chi connectivity index (χ1n) is 5.19. The van der Waals surface area contributed by atoms with Crippen molar-refractivity contribution in [1.82, 2.24) is 10.2 Å². The Morgan fingerprint density at radius 2 is 2.24 bits per heavy atom. The van der Waals surface area contributed by atoms with Crippen LogP contribution in [0.4, 0.5) is 0 Å². The van der Waals surface area contributed by atoms with Crippen molar-refractivity contribution in [3.05, 3.63) is 40.0 Å². The molecule has 0 spiro atoms. The van der Waals surface area contributed by atoms with Crippen LogP contribution in [0.15, 0.2) is 28.7 Å². The third-order valence-electron chi connectivity index (χ3n) is 2.53. The van der Waals surface area contributed by atoms with Crippen molar-refractivity contribution in [2.24, 2.45) is 0 Å². The standard InChI is InChI=1S/C12H11BrN2O2/c1-2-7-5-8(13)3-4-9(7)10-6-11(12(16)17)15-14-10/h3-6H,2H2,1H3,(H,14,15)(H,16,17). The summed E-state index contributed by atoms with van der Waals surface area (Å²) in [6, 6.07) is 7.42. The maximum Gasteiger partial charge on any atom is 0.353 e. The molecule has 0 amide bonds. The van der Waals surface area contributed by atoms with E-state index in [1.54, 1.807) is 6.07 Å². The van der Waals surface area contributed by atoms with Gasteiger partial charge in [0, 0.05) is 10.0 Å². The Hall–Kier alpha value is -1.62. The lowest BCUT2D eigenvalue weighted by Gasteiger charge is -2.05. The normalized spacial score (nSPS) is 10.5. The fraction of sp³-hybridized carbons (Fsp3) is 0.167. The lowest BCUT2D eigenvalue weighted by atomic mass is 10.0. The largest absolute Gasteiger partial charge is 0.477 e. The molecule has 1 aromatic carbocycles. The molecule has 4 nitrogen and oxygen atoms in total. The lowest BCUT2D eigenvalue weighted by Crippen LogP contribution is -1.95. The number of aryl methyl sites for hydroxylation is 1. The van der Waals surface area contributed by atoms with Crippen molar-refractivity contribution in [2.75, 3.05) is 0 Å². The number of carboxylic acids is 1. The first kappa shape index (κ1) is 11.9. The number of halogens is 1. The molecule has 0 saturated carbocycles. The van der Waals surface area contributed by atoms with Crippen molar-refractivity contribution in [1.29, 1.82) is 0 Å². The van der Waals surface area contributed by atoms with E-state index in [2.05, 4.69) is 33.1 Å². The third kappa shape index (κ3) is 2.39. The summed E-state index contributed by atoms with van der Waals surface area (Å²) in [5, 5.41) is 15.4. The van der Waals surface area contributed by atoms with E-state index in [9.17, 15) is 4.79 Å². The number of nitrogens with zero attached hydrogens (tertiary/aromatic N) is 1. The number of carboxylic acid groups (broad SMARTS) is 1. The van der Waals surface area contributed by atoms with Gasteiger partial charge in [0.05, 0.1) is 5.69 Å². The minimum Gasteiger partial charge on any atom is -0.477 e. The average molecular weight is 295 g/mol. The minimum atomic E-state index is -1.00. The van der Waals surface area contributed by atoms with E-state index in [0.717, 1.165) is 22.0 Å². The van der Waals surface area contributed by atoms with Crippen molar-refractivity contribution in [3.8, 4) is 11.3 Å². The molecule has 0 aliphatic rings. The Kier molecular flexibility index (Phi) is 3.28. The molecule has 2 aromatic rings. The fourth-order valence-corrected chi connectivity index (χ4v) is 2.08. The molecular weight excluding hydrogens is 284 g/mol. The molecule has 0 atom stereocenters. The molecule has 0 unspecified atom stereocenters. The number of hydrogen-bond donors (Lipinski definition) is 2. The van der Waals surface area contributed by atoms with Gasteiger partial charge in [0.1, 0.15) is 5.69 Å². The van der Waals surface area contributed by atoms with Gasteiger partial charge < -0.3 is 5.11 Å². The molecule has 88 valence electrons. The number of rotatable bonds is 3. The van der Waals surface area contributed by atoms with Gasteiger partial charge in [-0.05, 0) is 30.2 Å². The van der Waals surface area contributed by atoms with Gasteiger partial charge in [-0.2, -0.15) is 5.10 Å². The van der Waals surface area contributed by atoms with Crippen LogP contribution in [0.5, 0.6) is 0 Å². The summed E-state index contributed by atoms with van der Waals surface area (Å²) < 4.78 is 1.01. The quantitative estimate of drug-likeness (QED) is 0.914. The molecule has 0 saturated heterocycles. The number of hydrogen-bond acceptors (Lipinski definition) is 2. The van der Waals surface area contributed by atoms with Crippen LogP contribution in [0.25, 0.3) is 11.3 Å². The predicted octanol–water partition coefficient (Wildman–Crippen LogP) is 3.10. The Balaban J connectivity index is 2.48. The van der Waals surface area contributed by atoms with Crippen LogP contribution >= 0.6 is 15.9 Å². The summed E-state index contributed by atoms with van der Waals surface area (Å²) in [6.07, 6.45) is 0.865. The van der Waals surface area contributed by atoms with E-state index in [-0.39, 0.29) is 5.69 Å². The van der Waals surface area contributed by atoms with Crippen molar-refractivity contribution >= 4 is 21.9 Å². The lowest BCUT2D eigenvalue weighted by molar-refractivity contribution is 0.0690. The van der Waals surface area contributed by atoms with E-state index in [1.165, 1.54) is 0 Å². The van der Waals surface area contributed by atoms with Crippen LogP contribution < -0.4 is 0 Å². The molecule has 2 rings (SSSR count). The monoisotopic (exact) mass is 294 g/mol. The number of aromatic amines is 1. The molecule has 1 aromatic heterocycles. The highest BCUT2D eigenvalue weighted by Crippen LogP contribution is 2.26. The van der Waals surface area contributed by atoms with E-state index in [4.69, 9.17) is 5.11 Å². The fourth-order valence-electron chi connectivity index (χ4n) is 1.67. The van der Waals surface area contributed by atoms with Gasteiger partial charge in [0.25, 0.3) is 0 Å². The van der Waals surface area contributed by atoms with E-state index < -0.39 is 5.97 Å². The summed E-state index contributed by atoms with van der Waals surface area (Å²) in [5.74, 6) is -1.00. The third-order valence-corrected chi connectivity index (χ3v) is 3.03. The highest BCUT2D eigenvalue weighted by atomic mass is 79.9. The van der Waals surface area contributed by atoms with Gasteiger partial charge in [-0.3, -0.25) is 5.10 Å². The number of carbonyl (C=O) groups is 1. The van der Waals surface area contributed by atoms with Crippen LogP contribution in [-0.2, 0) is 6.42 Å². The number of aromatic nitrogens is 2. The molecule has 0 radical (unpaired) electrons. The summed E-state index contributed by atoms with van der Waals surface area (Å²) in [6.45, 7) is 2.05. The highest BCUT2D eigenvalue weighted by molar-refractivity contribution is 9.10. The summed E-state index contributed by atoms with van der Waals surface area (Å²) in [5.41, 5.74) is 2.85. The molecular formula is C12H11BrN2O2. The maximum absolute atomic E-state index is 10.8. The van der Waals surface area contributed by atoms with Gasteiger partial charge in [-0.1, -0.05) is 28.9 Å². The predicted molar refractivity (Wildman–Crippen MR) is 68.1 cm³/mol. The molecule has 2 N–H and O–H groups in total. The number of benzene rings is 1. The number of nitrogens with one attached hydrogen (secondary N) is 1. The van der Waals surface area contributed by atoms with E-state index in [0.29, 0.717) is 5.69 Å². The van der Waals surface area contributed by atoms with Crippen LogP contribution in [-0.4, -0.2) is 21.3 Å². The second kappa shape index (κ2) is 4.71. The average Bonchev–Trinajstić information content (AvgIpc) is 2.78. The van der Waals surface area contributed by atoms with Gasteiger partial charge >= 0.3 is 5.97 Å². The second-order valence-corrected chi connectivity index (χ2v) is 4.54. The van der Waals surface area contributed by atoms with Gasteiger partial charge in [-0.15, -0.1) is 0 Å². The van der Waals surface area contributed by atoms with Crippen LogP contribution in [0, 0.1) is 0 Å². The van der Waals surface area contributed by atoms with Gasteiger partial charge in [0.2, 0.25) is 0 Å². The minimum absolute atomic E-state index is 0.102. The van der Waals surface area contributed by atoms with E-state index >= 15 is 0 Å². The van der Waals surface area contributed by atoms with Crippen molar-refractivity contribution < 1.29 is 9.90 Å². The molecule has 0 fully saturated rings. The molecule has 0 aliphatic carbocycles. The van der Waals surface area contributed by atoms with Crippen LogP contribution in [0.1, 0.15) is 23.0 Å². The van der Waals surface area contributed by atoms with Crippen LogP contribution in [0.2, 0.25) is 0 Å². The van der Waals surface area contributed by atoms with Crippen molar-refractivity contribution in [3.63, 3.8) is 0 Å². The molecule has 17 heavy (non-hydrogen) atoms. The zero-order chi connectivity index (χ0) is 12.4. The Bertz CT molecular complexity index is 563. The Labute approximate surface area is 107 Å². The Morgan fingerprint density at radius 1 is 1.47 bits per heavy atom.